The summed E-state index contributed by atoms with van der Waals surface area (Å²) in [5, 5.41) is 2.81. The monoisotopic (exact) mass is 374 g/mol. The number of thiazole rings is 1. The van der Waals surface area contributed by atoms with Gasteiger partial charge < -0.3 is 4.74 Å². The number of hydrogen-bond acceptors (Lipinski definition) is 5. The van der Waals surface area contributed by atoms with E-state index in [2.05, 4.69) is 4.98 Å². The van der Waals surface area contributed by atoms with Gasteiger partial charge in [-0.25, -0.2) is 17.7 Å². The van der Waals surface area contributed by atoms with Crippen LogP contribution in [0.1, 0.15) is 0 Å². The van der Waals surface area contributed by atoms with Crippen molar-refractivity contribution in [2.45, 2.75) is 4.90 Å². The SMILES string of the molecule is COc1ccccc1-c1nc(-c2ccc(S(=O)(=O)N(C)C)cc2)cs1. The number of ether oxygens (including phenoxy) is 1. The summed E-state index contributed by atoms with van der Waals surface area (Å²) < 4.78 is 30.9. The van der Waals surface area contributed by atoms with Crippen LogP contribution in [0.15, 0.2) is 58.8 Å². The Bertz CT molecular complexity index is 978. The molecule has 1 heterocycles. The summed E-state index contributed by atoms with van der Waals surface area (Å²) >= 11 is 1.52. The van der Waals surface area contributed by atoms with Crippen LogP contribution < -0.4 is 4.74 Å². The predicted octanol–water partition coefficient (Wildman–Crippen LogP) is 3.74. The Morgan fingerprint density at radius 1 is 1.04 bits per heavy atom. The van der Waals surface area contributed by atoms with Crippen LogP contribution in [0.4, 0.5) is 0 Å². The molecule has 0 unspecified atom stereocenters. The Balaban J connectivity index is 1.93. The first-order valence-electron chi connectivity index (χ1n) is 7.55. The molecule has 0 N–H and O–H groups in total. The Hall–Kier alpha value is -2.22. The van der Waals surface area contributed by atoms with Gasteiger partial charge in [0.15, 0.2) is 0 Å². The summed E-state index contributed by atoms with van der Waals surface area (Å²) in [5.74, 6) is 0.774. The number of sulfonamides is 1. The van der Waals surface area contributed by atoms with E-state index in [1.54, 1.807) is 31.4 Å². The van der Waals surface area contributed by atoms with E-state index >= 15 is 0 Å². The lowest BCUT2D eigenvalue weighted by Crippen LogP contribution is -2.22. The molecule has 130 valence electrons. The van der Waals surface area contributed by atoms with Crippen LogP contribution in [-0.2, 0) is 10.0 Å². The molecule has 7 heteroatoms. The Kier molecular flexibility index (Phi) is 4.89. The van der Waals surface area contributed by atoms with Gasteiger partial charge >= 0.3 is 0 Å². The lowest BCUT2D eigenvalue weighted by atomic mass is 10.2. The van der Waals surface area contributed by atoms with Crippen LogP contribution in [0.2, 0.25) is 0 Å². The summed E-state index contributed by atoms with van der Waals surface area (Å²) in [6, 6.07) is 14.5. The first-order chi connectivity index (χ1) is 11.9. The van der Waals surface area contributed by atoms with E-state index < -0.39 is 10.0 Å². The molecule has 0 fully saturated rings. The molecular formula is C18H18N2O3S2. The van der Waals surface area contributed by atoms with Gasteiger partial charge in [0.1, 0.15) is 10.8 Å². The van der Waals surface area contributed by atoms with Gasteiger partial charge in [0.05, 0.1) is 23.3 Å². The highest BCUT2D eigenvalue weighted by Crippen LogP contribution is 2.34. The first kappa shape index (κ1) is 17.6. The van der Waals surface area contributed by atoms with Crippen molar-refractivity contribution in [2.24, 2.45) is 0 Å². The molecular weight excluding hydrogens is 356 g/mol. The molecule has 0 atom stereocenters. The second-order valence-electron chi connectivity index (χ2n) is 5.55. The third-order valence-corrected chi connectivity index (χ3v) is 6.48. The standard InChI is InChI=1S/C18H18N2O3S2/c1-20(2)25(21,22)14-10-8-13(9-11-14)16-12-24-18(19-16)15-6-4-5-7-17(15)23-3/h4-12H,1-3H3. The van der Waals surface area contributed by atoms with Gasteiger partial charge in [-0.1, -0.05) is 24.3 Å². The Morgan fingerprint density at radius 3 is 2.36 bits per heavy atom. The van der Waals surface area contributed by atoms with Gasteiger partial charge in [-0.05, 0) is 24.3 Å². The number of aromatic nitrogens is 1. The maximum absolute atomic E-state index is 12.1. The van der Waals surface area contributed by atoms with Crippen molar-refractivity contribution in [2.75, 3.05) is 21.2 Å². The van der Waals surface area contributed by atoms with Gasteiger partial charge in [-0.15, -0.1) is 11.3 Å². The predicted molar refractivity (Wildman–Crippen MR) is 100 cm³/mol. The highest BCUT2D eigenvalue weighted by atomic mass is 32.2. The number of rotatable bonds is 5. The van der Waals surface area contributed by atoms with E-state index in [9.17, 15) is 8.42 Å². The van der Waals surface area contributed by atoms with Crippen LogP contribution in [0.3, 0.4) is 0 Å². The summed E-state index contributed by atoms with van der Waals surface area (Å²) in [6.07, 6.45) is 0. The molecule has 0 aliphatic carbocycles. The summed E-state index contributed by atoms with van der Waals surface area (Å²) in [4.78, 5) is 4.93. The fourth-order valence-electron chi connectivity index (χ4n) is 2.36. The van der Waals surface area contributed by atoms with Gasteiger partial charge in [0, 0.05) is 25.0 Å². The number of methoxy groups -OCH3 is 1. The summed E-state index contributed by atoms with van der Waals surface area (Å²) in [5.41, 5.74) is 2.61. The minimum Gasteiger partial charge on any atom is -0.496 e. The lowest BCUT2D eigenvalue weighted by molar-refractivity contribution is 0.416. The van der Waals surface area contributed by atoms with E-state index in [0.29, 0.717) is 0 Å². The highest BCUT2D eigenvalue weighted by molar-refractivity contribution is 7.89. The average Bonchev–Trinajstić information content (AvgIpc) is 3.11. The van der Waals surface area contributed by atoms with Crippen molar-refractivity contribution in [3.05, 3.63) is 53.9 Å². The Labute approximate surface area is 151 Å². The zero-order chi connectivity index (χ0) is 18.0. The fraction of sp³-hybridized carbons (Fsp3) is 0.167. The molecule has 0 saturated heterocycles. The molecule has 0 amide bonds. The van der Waals surface area contributed by atoms with E-state index in [1.165, 1.54) is 29.7 Å². The molecule has 0 radical (unpaired) electrons. The van der Waals surface area contributed by atoms with E-state index in [4.69, 9.17) is 4.74 Å². The van der Waals surface area contributed by atoms with Crippen LogP contribution in [-0.4, -0.2) is 38.9 Å². The molecule has 3 rings (SSSR count). The van der Waals surface area contributed by atoms with Crippen LogP contribution >= 0.6 is 11.3 Å². The third-order valence-electron chi connectivity index (χ3n) is 3.77. The zero-order valence-electron chi connectivity index (χ0n) is 14.1. The quantitative estimate of drug-likeness (QED) is 0.683. The van der Waals surface area contributed by atoms with Crippen molar-refractivity contribution < 1.29 is 13.2 Å². The highest BCUT2D eigenvalue weighted by Gasteiger charge is 2.17. The summed E-state index contributed by atoms with van der Waals surface area (Å²) in [7, 11) is 1.25. The van der Waals surface area contributed by atoms with Crippen LogP contribution in [0, 0.1) is 0 Å². The maximum atomic E-state index is 12.1. The van der Waals surface area contributed by atoms with Crippen LogP contribution in [0.5, 0.6) is 5.75 Å². The minimum atomic E-state index is -3.42. The lowest BCUT2D eigenvalue weighted by Gasteiger charge is -2.11. The topological polar surface area (TPSA) is 59.5 Å². The van der Waals surface area contributed by atoms with Crippen LogP contribution in [0.25, 0.3) is 21.8 Å². The molecule has 0 saturated carbocycles. The van der Waals surface area contributed by atoms with Crippen molar-refractivity contribution in [1.82, 2.24) is 9.29 Å². The molecule has 0 bridgehead atoms. The zero-order valence-corrected chi connectivity index (χ0v) is 15.8. The van der Waals surface area contributed by atoms with Gasteiger partial charge in [0.2, 0.25) is 10.0 Å². The van der Waals surface area contributed by atoms with E-state index in [-0.39, 0.29) is 4.90 Å². The molecule has 0 spiro atoms. The largest absolute Gasteiger partial charge is 0.496 e. The smallest absolute Gasteiger partial charge is 0.242 e. The van der Waals surface area contributed by atoms with Gasteiger partial charge in [0.25, 0.3) is 0 Å². The number of para-hydroxylation sites is 1. The van der Waals surface area contributed by atoms with Gasteiger partial charge in [-0.3, -0.25) is 0 Å². The van der Waals surface area contributed by atoms with E-state index in [1.807, 2.05) is 29.6 Å². The van der Waals surface area contributed by atoms with Crippen molar-refractivity contribution in [3.8, 4) is 27.6 Å². The second kappa shape index (κ2) is 6.95. The molecule has 0 aliphatic rings. The summed E-state index contributed by atoms with van der Waals surface area (Å²) in [6.45, 7) is 0. The van der Waals surface area contributed by atoms with Crippen molar-refractivity contribution >= 4 is 21.4 Å². The molecule has 3 aromatic rings. The van der Waals surface area contributed by atoms with Crippen molar-refractivity contribution in [1.29, 1.82) is 0 Å². The second-order valence-corrected chi connectivity index (χ2v) is 8.56. The molecule has 25 heavy (non-hydrogen) atoms. The van der Waals surface area contributed by atoms with Crippen molar-refractivity contribution in [3.63, 3.8) is 0 Å². The third kappa shape index (κ3) is 3.44. The molecule has 2 aromatic carbocycles. The van der Waals surface area contributed by atoms with E-state index in [0.717, 1.165) is 27.6 Å². The number of hydrogen-bond donors (Lipinski definition) is 0. The molecule has 0 aliphatic heterocycles. The minimum absolute atomic E-state index is 0.265. The first-order valence-corrected chi connectivity index (χ1v) is 9.87. The molecule has 1 aromatic heterocycles. The fourth-order valence-corrected chi connectivity index (χ4v) is 4.12. The Morgan fingerprint density at radius 2 is 1.72 bits per heavy atom. The normalized spacial score (nSPS) is 11.7. The number of nitrogens with zero attached hydrogens (tertiary/aromatic N) is 2. The molecule has 5 nitrogen and oxygen atoms in total. The average molecular weight is 374 g/mol. The van der Waals surface area contributed by atoms with Gasteiger partial charge in [-0.2, -0.15) is 0 Å². The number of benzene rings is 2. The maximum Gasteiger partial charge on any atom is 0.242 e.